The van der Waals surface area contributed by atoms with E-state index >= 15 is 0 Å². The maximum atomic E-state index is 12.6. The van der Waals surface area contributed by atoms with Gasteiger partial charge in [0.25, 0.3) is 11.3 Å². The van der Waals surface area contributed by atoms with E-state index in [9.17, 15) is 9.90 Å². The molecule has 0 saturated heterocycles. The Morgan fingerprint density at radius 3 is 2.96 bits per heavy atom. The average Bonchev–Trinajstić information content (AvgIpc) is 3.45. The molecule has 2 aliphatic carbocycles. The van der Waals surface area contributed by atoms with Crippen molar-refractivity contribution in [3.05, 3.63) is 33.3 Å². The van der Waals surface area contributed by atoms with E-state index < -0.39 is 6.23 Å². The Morgan fingerprint density at radius 2 is 2.04 bits per heavy atom. The van der Waals surface area contributed by atoms with Gasteiger partial charge in [-0.2, -0.15) is 19.6 Å². The van der Waals surface area contributed by atoms with Crippen LogP contribution in [0, 0.1) is 5.92 Å². The molecule has 4 heterocycles. The van der Waals surface area contributed by atoms with E-state index in [1.54, 1.807) is 0 Å². The molecule has 0 amide bonds. The van der Waals surface area contributed by atoms with Crippen LogP contribution in [-0.2, 0) is 25.7 Å². The third kappa shape index (κ3) is 2.30. The van der Waals surface area contributed by atoms with Crippen LogP contribution in [0.25, 0.3) is 5.78 Å². The standard InChI is InChI=1S/C18H20N8O2/c27-15-9-3-1-5-11(9)19-17-21-13(23-25(15)17)7-8-14-22-18-20-12-6-2-4-10(12)16(28)26(18)24-14/h9,15,27H,1-8H2,(H,20,22,24). The number of aliphatic hydroxyl groups is 1. The van der Waals surface area contributed by atoms with Gasteiger partial charge in [0.05, 0.1) is 5.69 Å². The lowest BCUT2D eigenvalue weighted by Crippen LogP contribution is -2.26. The van der Waals surface area contributed by atoms with Crippen molar-refractivity contribution in [1.82, 2.24) is 34.3 Å². The number of fused-ring (bicyclic) bond motifs is 4. The van der Waals surface area contributed by atoms with Crippen LogP contribution < -0.4 is 5.56 Å². The quantitative estimate of drug-likeness (QED) is 0.687. The summed E-state index contributed by atoms with van der Waals surface area (Å²) in [5.74, 6) is 2.26. The Balaban J connectivity index is 1.26. The van der Waals surface area contributed by atoms with E-state index in [1.807, 2.05) is 0 Å². The van der Waals surface area contributed by atoms with Crippen molar-refractivity contribution in [1.29, 1.82) is 0 Å². The highest BCUT2D eigenvalue weighted by Crippen LogP contribution is 2.37. The molecule has 2 unspecified atom stereocenters. The van der Waals surface area contributed by atoms with Gasteiger partial charge in [-0.1, -0.05) is 0 Å². The highest BCUT2D eigenvalue weighted by molar-refractivity contribution is 5.91. The predicted octanol–water partition coefficient (Wildman–Crippen LogP) is 0.660. The number of aromatic nitrogens is 7. The number of hydrogen-bond acceptors (Lipinski definition) is 7. The maximum absolute atomic E-state index is 12.6. The van der Waals surface area contributed by atoms with E-state index in [1.165, 1.54) is 9.20 Å². The smallest absolute Gasteiger partial charge is 0.277 e. The van der Waals surface area contributed by atoms with Gasteiger partial charge in [-0.25, -0.2) is 14.7 Å². The van der Waals surface area contributed by atoms with Crippen LogP contribution in [0.15, 0.2) is 9.79 Å². The molecule has 6 rings (SSSR count). The number of aliphatic hydroxyl groups excluding tert-OH is 1. The minimum Gasteiger partial charge on any atom is -0.371 e. The molecule has 144 valence electrons. The highest BCUT2D eigenvalue weighted by atomic mass is 16.3. The third-order valence-corrected chi connectivity index (χ3v) is 6.03. The van der Waals surface area contributed by atoms with E-state index in [-0.39, 0.29) is 11.5 Å². The first-order valence-corrected chi connectivity index (χ1v) is 9.88. The molecule has 0 bridgehead atoms. The summed E-state index contributed by atoms with van der Waals surface area (Å²) in [6.07, 6.45) is 5.94. The molecule has 0 radical (unpaired) electrons. The number of aromatic amines is 1. The van der Waals surface area contributed by atoms with E-state index in [0.717, 1.165) is 55.5 Å². The molecule has 0 aromatic carbocycles. The zero-order valence-electron chi connectivity index (χ0n) is 15.3. The third-order valence-electron chi connectivity index (χ3n) is 6.03. The molecule has 28 heavy (non-hydrogen) atoms. The number of hydrogen-bond donors (Lipinski definition) is 2. The van der Waals surface area contributed by atoms with Crippen molar-refractivity contribution in [3.8, 4) is 0 Å². The first kappa shape index (κ1) is 16.1. The Labute approximate surface area is 159 Å². The van der Waals surface area contributed by atoms with Crippen LogP contribution in [0.5, 0.6) is 0 Å². The molecule has 10 nitrogen and oxygen atoms in total. The van der Waals surface area contributed by atoms with Gasteiger partial charge in [-0.3, -0.25) is 9.89 Å². The van der Waals surface area contributed by atoms with Crippen molar-refractivity contribution >= 4 is 17.4 Å². The fourth-order valence-electron chi connectivity index (χ4n) is 4.60. The Morgan fingerprint density at radius 1 is 1.11 bits per heavy atom. The van der Waals surface area contributed by atoms with E-state index in [0.29, 0.717) is 36.2 Å². The number of nitrogens with one attached hydrogen (secondary N) is 1. The second-order valence-corrected chi connectivity index (χ2v) is 7.79. The molecular formula is C18H20N8O2. The van der Waals surface area contributed by atoms with Gasteiger partial charge in [0.2, 0.25) is 5.95 Å². The first-order valence-electron chi connectivity index (χ1n) is 9.88. The number of aryl methyl sites for hydroxylation is 3. The second kappa shape index (κ2) is 5.81. The Bertz CT molecular complexity index is 1190. The zero-order chi connectivity index (χ0) is 18.8. The lowest BCUT2D eigenvalue weighted by atomic mass is 10.0. The fraction of sp³-hybridized carbons (Fsp3) is 0.556. The monoisotopic (exact) mass is 380 g/mol. The summed E-state index contributed by atoms with van der Waals surface area (Å²) in [5, 5.41) is 18.1. The van der Waals surface area contributed by atoms with Gasteiger partial charge in [-0.15, -0.1) is 0 Å². The zero-order valence-corrected chi connectivity index (χ0v) is 15.3. The van der Waals surface area contributed by atoms with Crippen LogP contribution in [0.1, 0.15) is 54.8 Å². The van der Waals surface area contributed by atoms with Crippen molar-refractivity contribution in [3.63, 3.8) is 0 Å². The summed E-state index contributed by atoms with van der Waals surface area (Å²) >= 11 is 0. The molecular weight excluding hydrogens is 360 g/mol. The van der Waals surface area contributed by atoms with Gasteiger partial charge in [0.1, 0.15) is 5.82 Å². The summed E-state index contributed by atoms with van der Waals surface area (Å²) in [7, 11) is 0. The normalized spacial score (nSPS) is 23.0. The summed E-state index contributed by atoms with van der Waals surface area (Å²) in [4.78, 5) is 30.6. The largest absolute Gasteiger partial charge is 0.371 e. The minimum absolute atomic E-state index is 0.0441. The molecule has 2 N–H and O–H groups in total. The van der Waals surface area contributed by atoms with Crippen molar-refractivity contribution in [2.45, 2.75) is 57.6 Å². The topological polar surface area (TPSA) is 126 Å². The first-order chi connectivity index (χ1) is 13.7. The molecule has 10 heteroatoms. The van der Waals surface area contributed by atoms with Gasteiger partial charge in [-0.05, 0) is 38.5 Å². The second-order valence-electron chi connectivity index (χ2n) is 7.79. The van der Waals surface area contributed by atoms with E-state index in [4.69, 9.17) is 0 Å². The summed E-state index contributed by atoms with van der Waals surface area (Å²) in [6.45, 7) is 0. The number of nitrogens with zero attached hydrogens (tertiary/aromatic N) is 7. The minimum atomic E-state index is -0.678. The molecule has 0 spiro atoms. The van der Waals surface area contributed by atoms with E-state index in [2.05, 4.69) is 30.1 Å². The van der Waals surface area contributed by atoms with Crippen LogP contribution in [0.2, 0.25) is 0 Å². The van der Waals surface area contributed by atoms with Crippen LogP contribution in [0.3, 0.4) is 0 Å². The lowest BCUT2D eigenvalue weighted by molar-refractivity contribution is 0.0550. The van der Waals surface area contributed by atoms with Crippen molar-refractivity contribution in [2.24, 2.45) is 10.9 Å². The lowest BCUT2D eigenvalue weighted by Gasteiger charge is -2.23. The number of aliphatic imine (C=N–C) groups is 1. The molecule has 1 saturated carbocycles. The average molecular weight is 380 g/mol. The van der Waals surface area contributed by atoms with Gasteiger partial charge < -0.3 is 5.11 Å². The SMILES string of the molecule is O=c1c2c(nc3nc(CCc4nc5n(n4)C(O)C4CCCC4=N5)[nH]n13)CCC2. The fourth-order valence-corrected chi connectivity index (χ4v) is 4.60. The summed E-state index contributed by atoms with van der Waals surface area (Å²) < 4.78 is 2.96. The Kier molecular flexibility index (Phi) is 3.34. The van der Waals surface area contributed by atoms with Crippen molar-refractivity contribution < 1.29 is 5.11 Å². The molecule has 2 atom stereocenters. The van der Waals surface area contributed by atoms with Gasteiger partial charge in [0.15, 0.2) is 12.1 Å². The number of rotatable bonds is 3. The number of H-pyrrole nitrogens is 1. The Hall–Kier alpha value is -2.88. The van der Waals surface area contributed by atoms with Crippen LogP contribution in [-0.4, -0.2) is 45.2 Å². The summed E-state index contributed by atoms with van der Waals surface area (Å²) in [6, 6.07) is 0. The molecule has 3 aromatic heterocycles. The van der Waals surface area contributed by atoms with Crippen LogP contribution in [0.4, 0.5) is 5.95 Å². The molecule has 3 aromatic rings. The molecule has 1 aliphatic heterocycles. The van der Waals surface area contributed by atoms with Gasteiger partial charge >= 0.3 is 0 Å². The predicted molar refractivity (Wildman–Crippen MR) is 98.8 cm³/mol. The summed E-state index contributed by atoms with van der Waals surface area (Å²) in [5.41, 5.74) is 2.67. The van der Waals surface area contributed by atoms with Crippen LogP contribution >= 0.6 is 0 Å². The van der Waals surface area contributed by atoms with Crippen molar-refractivity contribution in [2.75, 3.05) is 0 Å². The molecule has 3 aliphatic rings. The maximum Gasteiger partial charge on any atom is 0.277 e. The van der Waals surface area contributed by atoms with Gasteiger partial charge in [0, 0.05) is 30.0 Å². The molecule has 1 fully saturated rings. The highest BCUT2D eigenvalue weighted by Gasteiger charge is 2.36.